The maximum Gasteiger partial charge on any atom is 0.281 e. The van der Waals surface area contributed by atoms with Crippen molar-refractivity contribution in [2.75, 3.05) is 29.3 Å². The maximum absolute atomic E-state index is 13.2. The summed E-state index contributed by atoms with van der Waals surface area (Å²) in [7, 11) is -0.263. The molecule has 0 aliphatic carbocycles. The predicted octanol–water partition coefficient (Wildman–Crippen LogP) is 3.70. The first-order valence-corrected chi connectivity index (χ1v) is 12.1. The second-order valence-corrected chi connectivity index (χ2v) is 10.1. The predicted molar refractivity (Wildman–Crippen MR) is 127 cm³/mol. The number of aromatic nitrogens is 4. The van der Waals surface area contributed by atoms with Gasteiger partial charge in [-0.25, -0.2) is 4.98 Å². The van der Waals surface area contributed by atoms with Crippen LogP contribution in [-0.2, 0) is 17.1 Å². The number of sulfonamides is 1. The van der Waals surface area contributed by atoms with Gasteiger partial charge in [-0.05, 0) is 49.6 Å². The van der Waals surface area contributed by atoms with Gasteiger partial charge in [0.25, 0.3) is 10.0 Å². The van der Waals surface area contributed by atoms with E-state index < -0.39 is 10.0 Å². The number of hydrogen-bond donors (Lipinski definition) is 1. The van der Waals surface area contributed by atoms with Gasteiger partial charge in [0.1, 0.15) is 5.65 Å². The monoisotopic (exact) mass is 450 g/mol. The molecular weight excluding hydrogens is 424 g/mol. The fourth-order valence-electron chi connectivity index (χ4n) is 4.56. The van der Waals surface area contributed by atoms with Crippen LogP contribution in [0.2, 0.25) is 0 Å². The summed E-state index contributed by atoms with van der Waals surface area (Å²) in [5, 5.41) is 7.24. The van der Waals surface area contributed by atoms with E-state index in [0.29, 0.717) is 5.69 Å². The van der Waals surface area contributed by atoms with Crippen molar-refractivity contribution in [3.63, 3.8) is 0 Å². The molecule has 1 aliphatic heterocycles. The lowest BCUT2D eigenvalue weighted by Crippen LogP contribution is -2.27. The molecule has 0 saturated carbocycles. The zero-order valence-electron chi connectivity index (χ0n) is 18.4. The highest BCUT2D eigenvalue weighted by atomic mass is 32.2. The van der Waals surface area contributed by atoms with Crippen molar-refractivity contribution in [1.82, 2.24) is 19.7 Å². The fraction of sp³-hybridized carbons (Fsp3) is 0.304. The highest BCUT2D eigenvalue weighted by molar-refractivity contribution is 7.92. The molecule has 32 heavy (non-hydrogen) atoms. The minimum Gasteiger partial charge on any atom is -0.372 e. The third-order valence-corrected chi connectivity index (χ3v) is 8.10. The Balaban J connectivity index is 1.72. The number of H-pyrrole nitrogens is 1. The largest absolute Gasteiger partial charge is 0.372 e. The van der Waals surface area contributed by atoms with Crippen molar-refractivity contribution >= 4 is 32.4 Å². The molecule has 9 heteroatoms. The van der Waals surface area contributed by atoms with Crippen LogP contribution in [0.4, 0.5) is 11.4 Å². The second kappa shape index (κ2) is 7.67. The van der Waals surface area contributed by atoms with Crippen molar-refractivity contribution in [1.29, 1.82) is 0 Å². The van der Waals surface area contributed by atoms with E-state index in [2.05, 4.69) is 44.3 Å². The molecule has 4 aromatic rings. The Bertz CT molecular complexity index is 1390. The van der Waals surface area contributed by atoms with E-state index in [-0.39, 0.29) is 5.03 Å². The molecule has 1 fully saturated rings. The minimum absolute atomic E-state index is 0.0511. The quantitative estimate of drug-likeness (QED) is 0.501. The Kier molecular flexibility index (Phi) is 4.93. The standard InChI is InChI=1S/C23H26N6O2S/c1-16-21(17-7-6-8-18(15-17)29-13-4-5-14-29)22-19(9-11-24-23(22)27(16)2)28(3)32(30,31)20-10-12-25-26-20/h6-12,15H,4-5,13-14H2,1-3H3,(H,25,26). The molecule has 4 heterocycles. The zero-order valence-corrected chi connectivity index (χ0v) is 19.2. The maximum atomic E-state index is 13.2. The van der Waals surface area contributed by atoms with Gasteiger partial charge >= 0.3 is 0 Å². The van der Waals surface area contributed by atoms with E-state index in [1.807, 2.05) is 18.5 Å². The van der Waals surface area contributed by atoms with E-state index in [0.717, 1.165) is 40.9 Å². The van der Waals surface area contributed by atoms with E-state index >= 15 is 0 Å². The summed E-state index contributed by atoms with van der Waals surface area (Å²) in [4.78, 5) is 6.99. The summed E-state index contributed by atoms with van der Waals surface area (Å²) < 4.78 is 29.8. The molecule has 0 radical (unpaired) electrons. The van der Waals surface area contributed by atoms with Crippen LogP contribution in [0, 0.1) is 6.92 Å². The number of anilines is 2. The number of hydrogen-bond acceptors (Lipinski definition) is 5. The van der Waals surface area contributed by atoms with Crippen molar-refractivity contribution in [2.45, 2.75) is 24.8 Å². The van der Waals surface area contributed by atoms with Gasteiger partial charge in [-0.15, -0.1) is 0 Å². The Morgan fingerprint density at radius 3 is 2.59 bits per heavy atom. The zero-order chi connectivity index (χ0) is 22.5. The molecule has 3 aromatic heterocycles. The fourth-order valence-corrected chi connectivity index (χ4v) is 5.66. The molecule has 8 nitrogen and oxygen atoms in total. The van der Waals surface area contributed by atoms with E-state index in [4.69, 9.17) is 0 Å². The smallest absolute Gasteiger partial charge is 0.281 e. The van der Waals surface area contributed by atoms with Gasteiger partial charge in [-0.3, -0.25) is 9.40 Å². The van der Waals surface area contributed by atoms with E-state index in [1.54, 1.807) is 19.3 Å². The minimum atomic E-state index is -3.79. The van der Waals surface area contributed by atoms with Crippen molar-refractivity contribution in [3.05, 3.63) is 54.5 Å². The second-order valence-electron chi connectivity index (χ2n) is 8.19. The van der Waals surface area contributed by atoms with Crippen LogP contribution in [0.25, 0.3) is 22.2 Å². The molecule has 1 aromatic carbocycles. The van der Waals surface area contributed by atoms with Crippen LogP contribution in [-0.4, -0.2) is 48.3 Å². The first-order chi connectivity index (χ1) is 15.4. The van der Waals surface area contributed by atoms with E-state index in [1.165, 1.54) is 35.1 Å². The molecule has 0 spiro atoms. The third kappa shape index (κ3) is 3.15. The average molecular weight is 451 g/mol. The first-order valence-electron chi connectivity index (χ1n) is 10.7. The molecule has 0 atom stereocenters. The van der Waals surface area contributed by atoms with Crippen molar-refractivity contribution < 1.29 is 8.42 Å². The summed E-state index contributed by atoms with van der Waals surface area (Å²) in [5.41, 5.74) is 5.60. The SMILES string of the molecule is Cc1c(-c2cccc(N3CCCC3)c2)c2c(N(C)S(=O)(=O)c3ccn[nH]3)ccnc2n1C. The lowest BCUT2D eigenvalue weighted by Gasteiger charge is -2.21. The molecule has 5 rings (SSSR count). The third-order valence-electron chi connectivity index (χ3n) is 6.40. The van der Waals surface area contributed by atoms with Crippen molar-refractivity contribution in [2.24, 2.45) is 7.05 Å². The number of aromatic amines is 1. The van der Waals surface area contributed by atoms with Gasteiger partial charge < -0.3 is 9.47 Å². The molecule has 0 amide bonds. The summed E-state index contributed by atoms with van der Waals surface area (Å²) >= 11 is 0. The van der Waals surface area contributed by atoms with Gasteiger partial charge in [-0.1, -0.05) is 12.1 Å². The highest BCUT2D eigenvalue weighted by Crippen LogP contribution is 2.40. The van der Waals surface area contributed by atoms with Gasteiger partial charge in [0.05, 0.1) is 17.3 Å². The molecule has 0 bridgehead atoms. The Hall–Kier alpha value is -3.33. The number of pyridine rings is 1. The summed E-state index contributed by atoms with van der Waals surface area (Å²) in [6.45, 7) is 4.18. The topological polar surface area (TPSA) is 87.1 Å². The number of rotatable bonds is 5. The number of nitrogens with zero attached hydrogens (tertiary/aromatic N) is 5. The Labute approximate surface area is 187 Å². The molecule has 1 N–H and O–H groups in total. The lowest BCUT2D eigenvalue weighted by atomic mass is 10.0. The number of fused-ring (bicyclic) bond motifs is 1. The van der Waals surface area contributed by atoms with E-state index in [9.17, 15) is 8.42 Å². The van der Waals surface area contributed by atoms with Gasteiger partial charge in [0.15, 0.2) is 5.03 Å². The van der Waals surface area contributed by atoms with Crippen LogP contribution >= 0.6 is 0 Å². The lowest BCUT2D eigenvalue weighted by molar-refractivity contribution is 0.590. The van der Waals surface area contributed by atoms with Gasteiger partial charge in [-0.2, -0.15) is 13.5 Å². The summed E-state index contributed by atoms with van der Waals surface area (Å²) in [6, 6.07) is 11.7. The molecule has 1 saturated heterocycles. The van der Waals surface area contributed by atoms with Crippen LogP contribution < -0.4 is 9.21 Å². The van der Waals surface area contributed by atoms with Crippen LogP contribution in [0.1, 0.15) is 18.5 Å². The van der Waals surface area contributed by atoms with Crippen LogP contribution in [0.15, 0.2) is 53.8 Å². The molecule has 166 valence electrons. The normalized spacial score (nSPS) is 14.4. The number of benzene rings is 1. The summed E-state index contributed by atoms with van der Waals surface area (Å²) in [6.07, 6.45) is 5.51. The van der Waals surface area contributed by atoms with Crippen LogP contribution in [0.5, 0.6) is 0 Å². The number of nitrogens with one attached hydrogen (secondary N) is 1. The first kappa shape index (κ1) is 20.6. The Morgan fingerprint density at radius 1 is 1.09 bits per heavy atom. The summed E-state index contributed by atoms with van der Waals surface area (Å²) in [5.74, 6) is 0. The van der Waals surface area contributed by atoms with Gasteiger partial charge in [0, 0.05) is 50.3 Å². The van der Waals surface area contributed by atoms with Crippen molar-refractivity contribution in [3.8, 4) is 11.1 Å². The van der Waals surface area contributed by atoms with Gasteiger partial charge in [0.2, 0.25) is 0 Å². The molecular formula is C23H26N6O2S. The average Bonchev–Trinajstić information content (AvgIpc) is 3.56. The highest BCUT2D eigenvalue weighted by Gasteiger charge is 2.27. The molecule has 1 aliphatic rings. The van der Waals surface area contributed by atoms with Crippen LogP contribution in [0.3, 0.4) is 0 Å². The molecule has 0 unspecified atom stereocenters. The Morgan fingerprint density at radius 2 is 1.88 bits per heavy atom. The number of aryl methyl sites for hydroxylation is 1.